The third-order valence-electron chi connectivity index (χ3n) is 4.01. The predicted octanol–water partition coefficient (Wildman–Crippen LogP) is 2.47. The topological polar surface area (TPSA) is 29.3 Å². The fraction of sp³-hybridized carbons (Fsp3) is 0.571. The molecule has 0 amide bonds. The molecule has 1 fully saturated rings. The summed E-state index contributed by atoms with van der Waals surface area (Å²) in [5, 5.41) is 0. The molecule has 3 rings (SSSR count). The molecule has 2 atom stereocenters. The maximum absolute atomic E-state index is 6.19. The van der Waals surface area contributed by atoms with Gasteiger partial charge in [0, 0.05) is 18.6 Å². The average molecular weight is 216 g/mol. The van der Waals surface area contributed by atoms with Gasteiger partial charge in [-0.3, -0.25) is 4.90 Å². The third kappa shape index (κ3) is 1.76. The first-order valence-electron chi connectivity index (χ1n) is 6.30. The molecule has 0 radical (unpaired) electrons. The standard InChI is InChI=1S/C14H20N2/c1-16(9-10-6-7-10)14-8-13(15)11-4-2-3-5-12(11)14/h2-5,10,13-14H,6-9,15H2,1H3. The average Bonchev–Trinajstić information content (AvgIpc) is 3.03. The number of nitrogens with two attached hydrogens (primary N) is 1. The van der Waals surface area contributed by atoms with Crippen LogP contribution in [-0.4, -0.2) is 18.5 Å². The molecule has 0 heterocycles. The lowest BCUT2D eigenvalue weighted by Crippen LogP contribution is -2.25. The number of benzene rings is 1. The predicted molar refractivity (Wildman–Crippen MR) is 66.1 cm³/mol. The van der Waals surface area contributed by atoms with Gasteiger partial charge in [0.05, 0.1) is 0 Å². The molecule has 0 aromatic heterocycles. The molecule has 0 spiro atoms. The summed E-state index contributed by atoms with van der Waals surface area (Å²) < 4.78 is 0. The minimum Gasteiger partial charge on any atom is -0.324 e. The molecular weight excluding hydrogens is 196 g/mol. The van der Waals surface area contributed by atoms with Crippen LogP contribution in [0.3, 0.4) is 0 Å². The zero-order valence-corrected chi connectivity index (χ0v) is 9.89. The Labute approximate surface area is 97.4 Å². The number of hydrogen-bond donors (Lipinski definition) is 1. The van der Waals surface area contributed by atoms with Crippen LogP contribution in [-0.2, 0) is 0 Å². The van der Waals surface area contributed by atoms with Crippen LogP contribution in [0.2, 0.25) is 0 Å². The van der Waals surface area contributed by atoms with Gasteiger partial charge in [0.2, 0.25) is 0 Å². The van der Waals surface area contributed by atoms with Crippen LogP contribution in [0, 0.1) is 5.92 Å². The second kappa shape index (κ2) is 3.86. The normalized spacial score (nSPS) is 28.4. The van der Waals surface area contributed by atoms with E-state index in [1.54, 1.807) is 0 Å². The second-order valence-corrected chi connectivity index (χ2v) is 5.37. The second-order valence-electron chi connectivity index (χ2n) is 5.37. The van der Waals surface area contributed by atoms with Crippen molar-refractivity contribution in [2.75, 3.05) is 13.6 Å². The van der Waals surface area contributed by atoms with E-state index >= 15 is 0 Å². The van der Waals surface area contributed by atoms with E-state index in [2.05, 4.69) is 36.2 Å². The zero-order chi connectivity index (χ0) is 11.1. The molecular formula is C14H20N2. The highest BCUT2D eigenvalue weighted by atomic mass is 15.1. The SMILES string of the molecule is CN(CC1CC1)C1CC(N)c2ccccc21. The van der Waals surface area contributed by atoms with Gasteiger partial charge in [-0.2, -0.15) is 0 Å². The summed E-state index contributed by atoms with van der Waals surface area (Å²) in [6.07, 6.45) is 3.93. The van der Waals surface area contributed by atoms with Crippen LogP contribution < -0.4 is 5.73 Å². The van der Waals surface area contributed by atoms with Gasteiger partial charge in [0.25, 0.3) is 0 Å². The molecule has 2 aliphatic carbocycles. The van der Waals surface area contributed by atoms with Gasteiger partial charge in [-0.25, -0.2) is 0 Å². The minimum atomic E-state index is 0.239. The number of nitrogens with zero attached hydrogens (tertiary/aromatic N) is 1. The smallest absolute Gasteiger partial charge is 0.0366 e. The van der Waals surface area contributed by atoms with Crippen LogP contribution in [0.25, 0.3) is 0 Å². The number of rotatable bonds is 3. The molecule has 0 saturated heterocycles. The van der Waals surface area contributed by atoms with Crippen LogP contribution >= 0.6 is 0 Å². The van der Waals surface area contributed by atoms with Crippen molar-refractivity contribution in [3.63, 3.8) is 0 Å². The van der Waals surface area contributed by atoms with E-state index in [4.69, 9.17) is 5.73 Å². The Hall–Kier alpha value is -0.860. The van der Waals surface area contributed by atoms with Gasteiger partial charge in [-0.15, -0.1) is 0 Å². The van der Waals surface area contributed by atoms with Crippen LogP contribution in [0.1, 0.15) is 42.5 Å². The summed E-state index contributed by atoms with van der Waals surface area (Å²) in [6.45, 7) is 1.24. The Kier molecular flexibility index (Phi) is 2.49. The van der Waals surface area contributed by atoms with Crippen molar-refractivity contribution in [1.29, 1.82) is 0 Å². The van der Waals surface area contributed by atoms with Crippen LogP contribution in [0.15, 0.2) is 24.3 Å². The lowest BCUT2D eigenvalue weighted by Gasteiger charge is -2.25. The van der Waals surface area contributed by atoms with Crippen molar-refractivity contribution in [2.24, 2.45) is 11.7 Å². The molecule has 16 heavy (non-hydrogen) atoms. The van der Waals surface area contributed by atoms with E-state index in [0.29, 0.717) is 6.04 Å². The Morgan fingerprint density at radius 1 is 1.25 bits per heavy atom. The van der Waals surface area contributed by atoms with Crippen LogP contribution in [0.5, 0.6) is 0 Å². The first kappa shape index (κ1) is 10.3. The molecule has 1 saturated carbocycles. The highest BCUT2D eigenvalue weighted by Crippen LogP contribution is 2.41. The van der Waals surface area contributed by atoms with Crippen LogP contribution in [0.4, 0.5) is 0 Å². The van der Waals surface area contributed by atoms with Gasteiger partial charge < -0.3 is 5.73 Å². The summed E-state index contributed by atoms with van der Waals surface area (Å²) in [5.41, 5.74) is 9.01. The Balaban J connectivity index is 1.81. The van der Waals surface area contributed by atoms with Crippen molar-refractivity contribution >= 4 is 0 Å². The minimum absolute atomic E-state index is 0.239. The first-order valence-corrected chi connectivity index (χ1v) is 6.30. The summed E-state index contributed by atoms with van der Waals surface area (Å²) in [7, 11) is 2.25. The number of hydrogen-bond acceptors (Lipinski definition) is 2. The molecule has 1 aromatic rings. The Morgan fingerprint density at radius 3 is 2.62 bits per heavy atom. The van der Waals surface area contributed by atoms with Gasteiger partial charge in [-0.1, -0.05) is 24.3 Å². The van der Waals surface area contributed by atoms with E-state index in [0.717, 1.165) is 12.3 Å². The maximum atomic E-state index is 6.19. The van der Waals surface area contributed by atoms with E-state index in [1.165, 1.54) is 30.5 Å². The Morgan fingerprint density at radius 2 is 1.94 bits per heavy atom. The molecule has 0 aliphatic heterocycles. The summed E-state index contributed by atoms with van der Waals surface area (Å²) in [6, 6.07) is 9.45. The van der Waals surface area contributed by atoms with Gasteiger partial charge in [0.15, 0.2) is 0 Å². The molecule has 1 aromatic carbocycles. The fourth-order valence-corrected chi connectivity index (χ4v) is 2.90. The van der Waals surface area contributed by atoms with E-state index in [9.17, 15) is 0 Å². The molecule has 2 heteroatoms. The monoisotopic (exact) mass is 216 g/mol. The lowest BCUT2D eigenvalue weighted by atomic mass is 10.1. The summed E-state index contributed by atoms with van der Waals surface area (Å²) in [5.74, 6) is 0.953. The largest absolute Gasteiger partial charge is 0.324 e. The van der Waals surface area contributed by atoms with E-state index < -0.39 is 0 Å². The first-order chi connectivity index (χ1) is 7.75. The highest BCUT2D eigenvalue weighted by Gasteiger charge is 2.33. The van der Waals surface area contributed by atoms with Crippen molar-refractivity contribution in [3.05, 3.63) is 35.4 Å². The van der Waals surface area contributed by atoms with Crippen molar-refractivity contribution in [3.8, 4) is 0 Å². The molecule has 86 valence electrons. The highest BCUT2D eigenvalue weighted by molar-refractivity contribution is 5.37. The van der Waals surface area contributed by atoms with Gasteiger partial charge in [-0.05, 0) is 43.4 Å². The quantitative estimate of drug-likeness (QED) is 0.841. The fourth-order valence-electron chi connectivity index (χ4n) is 2.90. The zero-order valence-electron chi connectivity index (χ0n) is 9.89. The molecule has 2 N–H and O–H groups in total. The van der Waals surface area contributed by atoms with E-state index in [1.807, 2.05) is 0 Å². The maximum Gasteiger partial charge on any atom is 0.0366 e. The van der Waals surface area contributed by atoms with Crippen molar-refractivity contribution in [2.45, 2.75) is 31.3 Å². The number of fused-ring (bicyclic) bond motifs is 1. The van der Waals surface area contributed by atoms with Gasteiger partial charge >= 0.3 is 0 Å². The summed E-state index contributed by atoms with van der Waals surface area (Å²) in [4.78, 5) is 2.50. The Bertz CT molecular complexity index is 384. The van der Waals surface area contributed by atoms with Crippen molar-refractivity contribution < 1.29 is 0 Å². The molecule has 2 aliphatic rings. The van der Waals surface area contributed by atoms with Crippen molar-refractivity contribution in [1.82, 2.24) is 4.90 Å². The lowest BCUT2D eigenvalue weighted by molar-refractivity contribution is 0.228. The third-order valence-corrected chi connectivity index (χ3v) is 4.01. The molecule has 0 bridgehead atoms. The van der Waals surface area contributed by atoms with Gasteiger partial charge in [0.1, 0.15) is 0 Å². The summed E-state index contributed by atoms with van der Waals surface area (Å²) >= 11 is 0. The molecule has 2 nitrogen and oxygen atoms in total. The molecule has 2 unspecified atom stereocenters. The van der Waals surface area contributed by atoms with E-state index in [-0.39, 0.29) is 6.04 Å².